The van der Waals surface area contributed by atoms with Gasteiger partial charge in [-0.3, -0.25) is 0 Å². The topological polar surface area (TPSA) is 105 Å². The van der Waals surface area contributed by atoms with E-state index in [1.807, 2.05) is 0 Å². The number of amides is 2. The number of nitrogens with two attached hydrogens (primary N) is 1. The summed E-state index contributed by atoms with van der Waals surface area (Å²) in [5.41, 5.74) is 8.38. The summed E-state index contributed by atoms with van der Waals surface area (Å²) in [5, 5.41) is 12.7. The highest BCUT2D eigenvalue weighted by molar-refractivity contribution is 5.93. The lowest BCUT2D eigenvalue weighted by atomic mass is 10.0. The highest BCUT2D eigenvalue weighted by atomic mass is 16.4. The van der Waals surface area contributed by atoms with Crippen LogP contribution in [0.2, 0.25) is 0 Å². The Hall–Kier alpha value is -2.37. The minimum Gasteiger partial charge on any atom is -0.478 e. The summed E-state index contributed by atoms with van der Waals surface area (Å²) in [6.07, 6.45) is 0.336. The Balaban J connectivity index is 2.84. The number of nitrogens with zero attached hydrogens (tertiary/aromatic N) is 1. The predicted octanol–water partition coefficient (Wildman–Crippen LogP) is 0.972. The number of carbonyl (C=O) groups is 2. The van der Waals surface area contributed by atoms with Crippen molar-refractivity contribution in [1.82, 2.24) is 5.43 Å². The van der Waals surface area contributed by atoms with Crippen LogP contribution in [-0.4, -0.2) is 22.8 Å². The van der Waals surface area contributed by atoms with E-state index in [4.69, 9.17) is 10.8 Å². The van der Waals surface area contributed by atoms with E-state index in [9.17, 15) is 9.59 Å². The van der Waals surface area contributed by atoms with E-state index in [1.54, 1.807) is 25.1 Å². The van der Waals surface area contributed by atoms with Crippen molar-refractivity contribution < 1.29 is 14.7 Å². The standard InChI is InChI=1S/C11H13N3O3/c1-7(13-14-11(12)17)6-8-4-2-3-5-9(8)10(15)16/h2-5H,6H2,1H3,(H,15,16)(H3,12,14,17). The molecule has 0 fully saturated rings. The molecule has 0 unspecified atom stereocenters. The van der Waals surface area contributed by atoms with Gasteiger partial charge in [-0.2, -0.15) is 5.10 Å². The quantitative estimate of drug-likeness (QED) is 0.535. The summed E-state index contributed by atoms with van der Waals surface area (Å²) in [6, 6.07) is 5.87. The number of urea groups is 1. The van der Waals surface area contributed by atoms with Crippen LogP contribution in [0.25, 0.3) is 0 Å². The SMILES string of the molecule is CC(Cc1ccccc1C(=O)O)=NNC(N)=O. The smallest absolute Gasteiger partial charge is 0.335 e. The number of hydrazone groups is 1. The van der Waals surface area contributed by atoms with Crippen LogP contribution < -0.4 is 11.2 Å². The fraction of sp³-hybridized carbons (Fsp3) is 0.182. The van der Waals surface area contributed by atoms with Crippen molar-refractivity contribution in [3.63, 3.8) is 0 Å². The Labute approximate surface area is 98.1 Å². The molecule has 0 aliphatic heterocycles. The average Bonchev–Trinajstić information content (AvgIpc) is 2.27. The summed E-state index contributed by atoms with van der Waals surface area (Å²) >= 11 is 0. The number of aromatic carboxylic acids is 1. The van der Waals surface area contributed by atoms with E-state index in [0.717, 1.165) is 0 Å². The van der Waals surface area contributed by atoms with Gasteiger partial charge in [0, 0.05) is 12.1 Å². The number of carboxylic acid groups (broad SMARTS) is 1. The molecule has 0 radical (unpaired) electrons. The molecule has 0 aliphatic rings. The Morgan fingerprint density at radius 1 is 1.41 bits per heavy atom. The van der Waals surface area contributed by atoms with Gasteiger partial charge < -0.3 is 10.8 Å². The number of carboxylic acids is 1. The Kier molecular flexibility index (Phi) is 4.21. The zero-order chi connectivity index (χ0) is 12.8. The second-order valence-electron chi connectivity index (χ2n) is 3.46. The second-order valence-corrected chi connectivity index (χ2v) is 3.46. The van der Waals surface area contributed by atoms with Gasteiger partial charge in [0.05, 0.1) is 5.56 Å². The number of benzene rings is 1. The molecule has 0 aliphatic carbocycles. The molecule has 0 spiro atoms. The first-order chi connectivity index (χ1) is 8.00. The molecule has 17 heavy (non-hydrogen) atoms. The lowest BCUT2D eigenvalue weighted by molar-refractivity contribution is 0.0696. The zero-order valence-electron chi connectivity index (χ0n) is 9.30. The number of hydrogen-bond donors (Lipinski definition) is 3. The molecular formula is C11H13N3O3. The maximum absolute atomic E-state index is 10.9. The van der Waals surface area contributed by atoms with E-state index >= 15 is 0 Å². The first-order valence-corrected chi connectivity index (χ1v) is 4.90. The molecule has 6 heteroatoms. The van der Waals surface area contributed by atoms with Gasteiger partial charge in [0.25, 0.3) is 0 Å². The van der Waals surface area contributed by atoms with Crippen molar-refractivity contribution in [2.24, 2.45) is 10.8 Å². The van der Waals surface area contributed by atoms with Crippen molar-refractivity contribution in [1.29, 1.82) is 0 Å². The molecule has 6 nitrogen and oxygen atoms in total. The molecule has 2 amide bonds. The van der Waals surface area contributed by atoms with Crippen LogP contribution in [0, 0.1) is 0 Å². The van der Waals surface area contributed by atoms with Crippen LogP contribution >= 0.6 is 0 Å². The van der Waals surface area contributed by atoms with Gasteiger partial charge in [0.1, 0.15) is 0 Å². The predicted molar refractivity (Wildman–Crippen MR) is 62.9 cm³/mol. The van der Waals surface area contributed by atoms with Gasteiger partial charge in [-0.05, 0) is 18.6 Å². The molecule has 0 atom stereocenters. The maximum atomic E-state index is 10.9. The number of hydrogen-bond acceptors (Lipinski definition) is 3. The summed E-state index contributed by atoms with van der Waals surface area (Å²) in [4.78, 5) is 21.4. The average molecular weight is 235 g/mol. The summed E-state index contributed by atoms with van der Waals surface area (Å²) < 4.78 is 0. The van der Waals surface area contributed by atoms with Crippen LogP contribution in [0.15, 0.2) is 29.4 Å². The maximum Gasteiger partial charge on any atom is 0.335 e. The zero-order valence-corrected chi connectivity index (χ0v) is 9.30. The van der Waals surface area contributed by atoms with Crippen molar-refractivity contribution in [3.05, 3.63) is 35.4 Å². The lowest BCUT2D eigenvalue weighted by Gasteiger charge is -2.05. The molecule has 1 rings (SSSR count). The first-order valence-electron chi connectivity index (χ1n) is 4.90. The molecule has 4 N–H and O–H groups in total. The number of nitrogens with one attached hydrogen (secondary N) is 1. The lowest BCUT2D eigenvalue weighted by Crippen LogP contribution is -2.25. The third kappa shape index (κ3) is 3.94. The molecule has 1 aromatic carbocycles. The molecule has 90 valence electrons. The third-order valence-electron chi connectivity index (χ3n) is 2.05. The van der Waals surface area contributed by atoms with Crippen LogP contribution in [0.1, 0.15) is 22.8 Å². The van der Waals surface area contributed by atoms with E-state index in [2.05, 4.69) is 10.5 Å². The van der Waals surface area contributed by atoms with Crippen LogP contribution in [-0.2, 0) is 6.42 Å². The highest BCUT2D eigenvalue weighted by Gasteiger charge is 2.09. The first kappa shape index (κ1) is 12.7. The van der Waals surface area contributed by atoms with Gasteiger partial charge in [0.2, 0.25) is 0 Å². The van der Waals surface area contributed by atoms with Crippen LogP contribution in [0.3, 0.4) is 0 Å². The minimum absolute atomic E-state index is 0.223. The van der Waals surface area contributed by atoms with Gasteiger partial charge in [0.15, 0.2) is 0 Å². The normalized spacial score (nSPS) is 11.0. The van der Waals surface area contributed by atoms with Gasteiger partial charge in [-0.25, -0.2) is 15.0 Å². The molecule has 1 aromatic rings. The Morgan fingerprint density at radius 2 is 2.06 bits per heavy atom. The molecule has 0 aromatic heterocycles. The van der Waals surface area contributed by atoms with Crippen molar-refractivity contribution in [2.75, 3.05) is 0 Å². The summed E-state index contributed by atoms with van der Waals surface area (Å²) in [7, 11) is 0. The van der Waals surface area contributed by atoms with Crippen molar-refractivity contribution >= 4 is 17.7 Å². The highest BCUT2D eigenvalue weighted by Crippen LogP contribution is 2.10. The largest absolute Gasteiger partial charge is 0.478 e. The fourth-order valence-electron chi connectivity index (χ4n) is 1.35. The van der Waals surface area contributed by atoms with Gasteiger partial charge in [-0.15, -0.1) is 0 Å². The number of rotatable bonds is 4. The van der Waals surface area contributed by atoms with E-state index in [-0.39, 0.29) is 5.56 Å². The Morgan fingerprint density at radius 3 is 2.65 bits per heavy atom. The number of carbonyl (C=O) groups excluding carboxylic acids is 1. The van der Waals surface area contributed by atoms with E-state index in [0.29, 0.717) is 17.7 Å². The molecule has 0 heterocycles. The van der Waals surface area contributed by atoms with Crippen molar-refractivity contribution in [2.45, 2.75) is 13.3 Å². The molecule has 0 saturated heterocycles. The molecular weight excluding hydrogens is 222 g/mol. The molecule has 0 bridgehead atoms. The van der Waals surface area contributed by atoms with Crippen molar-refractivity contribution in [3.8, 4) is 0 Å². The summed E-state index contributed by atoms with van der Waals surface area (Å²) in [5.74, 6) is -0.990. The third-order valence-corrected chi connectivity index (χ3v) is 2.05. The monoisotopic (exact) mass is 235 g/mol. The molecule has 0 saturated carbocycles. The van der Waals surface area contributed by atoms with Crippen LogP contribution in [0.5, 0.6) is 0 Å². The number of primary amides is 1. The van der Waals surface area contributed by atoms with Crippen LogP contribution in [0.4, 0.5) is 4.79 Å². The Bertz CT molecular complexity index is 469. The van der Waals surface area contributed by atoms with E-state index < -0.39 is 12.0 Å². The van der Waals surface area contributed by atoms with E-state index in [1.165, 1.54) is 6.07 Å². The van der Waals surface area contributed by atoms with Gasteiger partial charge >= 0.3 is 12.0 Å². The fourth-order valence-corrected chi connectivity index (χ4v) is 1.35. The minimum atomic E-state index is -0.990. The second kappa shape index (κ2) is 5.64. The summed E-state index contributed by atoms with van der Waals surface area (Å²) in [6.45, 7) is 1.68. The van der Waals surface area contributed by atoms with Gasteiger partial charge in [-0.1, -0.05) is 18.2 Å².